The zero-order chi connectivity index (χ0) is 15.2. The highest BCUT2D eigenvalue weighted by atomic mass is 15.1. The van der Waals surface area contributed by atoms with Crippen LogP contribution in [0, 0.1) is 0 Å². The minimum Gasteiger partial charge on any atom is -0.328 e. The number of nitrogens with one attached hydrogen (secondary N) is 1. The summed E-state index contributed by atoms with van der Waals surface area (Å²) in [5.74, 6) is 1.20. The van der Waals surface area contributed by atoms with Gasteiger partial charge in [-0.2, -0.15) is 0 Å². The van der Waals surface area contributed by atoms with Crippen molar-refractivity contribution in [3.63, 3.8) is 0 Å². The second kappa shape index (κ2) is 7.57. The van der Waals surface area contributed by atoms with Gasteiger partial charge in [0, 0.05) is 19.0 Å². The van der Waals surface area contributed by atoms with E-state index in [0.29, 0.717) is 6.04 Å². The SMILES string of the molecule is CCCn1c(CC(CCN(C)C)NC)nc2ccccc21. The van der Waals surface area contributed by atoms with Crippen molar-refractivity contribution in [3.05, 3.63) is 30.1 Å². The minimum atomic E-state index is 0.472. The van der Waals surface area contributed by atoms with E-state index in [-0.39, 0.29) is 0 Å². The van der Waals surface area contributed by atoms with Crippen LogP contribution in [0.5, 0.6) is 0 Å². The fourth-order valence-corrected chi connectivity index (χ4v) is 2.74. The molecule has 0 fully saturated rings. The number of imidazole rings is 1. The van der Waals surface area contributed by atoms with Crippen LogP contribution in [0.15, 0.2) is 24.3 Å². The van der Waals surface area contributed by atoms with E-state index in [1.165, 1.54) is 11.3 Å². The molecule has 0 aliphatic carbocycles. The number of likely N-dealkylation sites (N-methyl/N-ethyl adjacent to an activating group) is 1. The molecule has 1 N–H and O–H groups in total. The highest BCUT2D eigenvalue weighted by Crippen LogP contribution is 2.18. The van der Waals surface area contributed by atoms with Gasteiger partial charge in [-0.05, 0) is 52.7 Å². The summed E-state index contributed by atoms with van der Waals surface area (Å²) in [5.41, 5.74) is 2.38. The van der Waals surface area contributed by atoms with Gasteiger partial charge >= 0.3 is 0 Å². The molecule has 0 aliphatic heterocycles. The summed E-state index contributed by atoms with van der Waals surface area (Å²) in [6, 6.07) is 8.92. The Morgan fingerprint density at radius 2 is 2.05 bits per heavy atom. The van der Waals surface area contributed by atoms with Crippen LogP contribution in [-0.2, 0) is 13.0 Å². The minimum absolute atomic E-state index is 0.472. The van der Waals surface area contributed by atoms with Gasteiger partial charge in [0.25, 0.3) is 0 Å². The molecular weight excluding hydrogens is 260 g/mol. The molecule has 1 unspecified atom stereocenters. The number of rotatable bonds is 8. The Balaban J connectivity index is 2.21. The Hall–Kier alpha value is -1.39. The third kappa shape index (κ3) is 4.05. The Labute approximate surface area is 128 Å². The number of benzene rings is 1. The maximum Gasteiger partial charge on any atom is 0.111 e. The lowest BCUT2D eigenvalue weighted by Gasteiger charge is -2.19. The molecule has 0 saturated heterocycles. The summed E-state index contributed by atoms with van der Waals surface area (Å²) in [5, 5.41) is 3.44. The third-order valence-electron chi connectivity index (χ3n) is 3.94. The molecule has 1 aromatic heterocycles. The number of fused-ring (bicyclic) bond motifs is 1. The molecule has 2 rings (SSSR count). The van der Waals surface area contributed by atoms with Crippen molar-refractivity contribution in [3.8, 4) is 0 Å². The molecule has 2 aromatic rings. The lowest BCUT2D eigenvalue weighted by atomic mass is 10.1. The van der Waals surface area contributed by atoms with Crippen molar-refractivity contribution in [2.45, 2.75) is 38.8 Å². The molecule has 0 amide bonds. The largest absolute Gasteiger partial charge is 0.328 e. The molecule has 116 valence electrons. The first kappa shape index (κ1) is 16.0. The summed E-state index contributed by atoms with van der Waals surface area (Å²) in [6.07, 6.45) is 3.26. The lowest BCUT2D eigenvalue weighted by molar-refractivity contribution is 0.361. The average Bonchev–Trinajstić information content (AvgIpc) is 2.81. The summed E-state index contributed by atoms with van der Waals surface area (Å²) < 4.78 is 2.38. The van der Waals surface area contributed by atoms with E-state index < -0.39 is 0 Å². The van der Waals surface area contributed by atoms with Gasteiger partial charge in [-0.15, -0.1) is 0 Å². The van der Waals surface area contributed by atoms with Gasteiger partial charge < -0.3 is 14.8 Å². The molecule has 0 saturated carbocycles. The van der Waals surface area contributed by atoms with E-state index in [9.17, 15) is 0 Å². The van der Waals surface area contributed by atoms with Crippen LogP contribution >= 0.6 is 0 Å². The van der Waals surface area contributed by atoms with E-state index in [1.807, 2.05) is 7.05 Å². The standard InChI is InChI=1S/C17H28N4/c1-5-11-21-16-9-7-6-8-15(16)19-17(21)13-14(18-2)10-12-20(3)4/h6-9,14,18H,5,10-13H2,1-4H3. The molecule has 21 heavy (non-hydrogen) atoms. The van der Waals surface area contributed by atoms with E-state index in [2.05, 4.69) is 60.1 Å². The van der Waals surface area contributed by atoms with E-state index >= 15 is 0 Å². The first-order chi connectivity index (χ1) is 10.2. The maximum absolute atomic E-state index is 4.86. The molecule has 4 heteroatoms. The van der Waals surface area contributed by atoms with E-state index in [0.717, 1.165) is 37.9 Å². The van der Waals surface area contributed by atoms with Crippen LogP contribution in [0.25, 0.3) is 11.0 Å². The fraction of sp³-hybridized carbons (Fsp3) is 0.588. The number of nitrogens with zero attached hydrogens (tertiary/aromatic N) is 3. The van der Waals surface area contributed by atoms with Crippen LogP contribution in [0.2, 0.25) is 0 Å². The highest BCUT2D eigenvalue weighted by Gasteiger charge is 2.15. The second-order valence-electron chi connectivity index (χ2n) is 5.95. The molecule has 1 aromatic carbocycles. The topological polar surface area (TPSA) is 33.1 Å². The Morgan fingerprint density at radius 1 is 1.29 bits per heavy atom. The molecule has 4 nitrogen and oxygen atoms in total. The molecule has 0 radical (unpaired) electrons. The molecule has 0 aliphatic rings. The van der Waals surface area contributed by atoms with Crippen LogP contribution in [0.1, 0.15) is 25.6 Å². The number of hydrogen-bond acceptors (Lipinski definition) is 3. The first-order valence-electron chi connectivity index (χ1n) is 7.91. The van der Waals surface area contributed by atoms with Crippen LogP contribution < -0.4 is 5.32 Å². The Kier molecular flexibility index (Phi) is 5.76. The average molecular weight is 288 g/mol. The zero-order valence-corrected chi connectivity index (χ0v) is 13.8. The van der Waals surface area contributed by atoms with E-state index in [1.54, 1.807) is 0 Å². The van der Waals surface area contributed by atoms with Crippen LogP contribution in [0.3, 0.4) is 0 Å². The van der Waals surface area contributed by atoms with Gasteiger partial charge in [-0.25, -0.2) is 4.98 Å². The number of hydrogen-bond donors (Lipinski definition) is 1. The molecule has 1 heterocycles. The molecule has 0 bridgehead atoms. The third-order valence-corrected chi connectivity index (χ3v) is 3.94. The summed E-state index contributed by atoms with van der Waals surface area (Å²) >= 11 is 0. The van der Waals surface area contributed by atoms with Crippen molar-refractivity contribution in [2.75, 3.05) is 27.7 Å². The second-order valence-corrected chi connectivity index (χ2v) is 5.95. The van der Waals surface area contributed by atoms with Crippen molar-refractivity contribution in [1.82, 2.24) is 19.8 Å². The number of aryl methyl sites for hydroxylation is 1. The van der Waals surface area contributed by atoms with Crippen LogP contribution in [0.4, 0.5) is 0 Å². The van der Waals surface area contributed by atoms with Crippen molar-refractivity contribution in [2.24, 2.45) is 0 Å². The quantitative estimate of drug-likeness (QED) is 0.810. The number of para-hydroxylation sites is 2. The van der Waals surface area contributed by atoms with Gasteiger partial charge in [0.05, 0.1) is 11.0 Å². The normalized spacial score (nSPS) is 13.2. The first-order valence-corrected chi connectivity index (χ1v) is 7.91. The van der Waals surface area contributed by atoms with Gasteiger partial charge in [0.1, 0.15) is 5.82 Å². The van der Waals surface area contributed by atoms with Gasteiger partial charge in [-0.1, -0.05) is 19.1 Å². The van der Waals surface area contributed by atoms with E-state index in [4.69, 9.17) is 4.98 Å². The smallest absolute Gasteiger partial charge is 0.111 e. The van der Waals surface area contributed by atoms with Gasteiger partial charge in [0.15, 0.2) is 0 Å². The lowest BCUT2D eigenvalue weighted by Crippen LogP contribution is -2.32. The van der Waals surface area contributed by atoms with Crippen molar-refractivity contribution in [1.29, 1.82) is 0 Å². The van der Waals surface area contributed by atoms with Crippen molar-refractivity contribution < 1.29 is 0 Å². The molecule has 0 spiro atoms. The monoisotopic (exact) mass is 288 g/mol. The number of aromatic nitrogens is 2. The summed E-state index contributed by atoms with van der Waals surface area (Å²) in [4.78, 5) is 7.09. The zero-order valence-electron chi connectivity index (χ0n) is 13.8. The fourth-order valence-electron chi connectivity index (χ4n) is 2.74. The van der Waals surface area contributed by atoms with Gasteiger partial charge in [-0.3, -0.25) is 0 Å². The van der Waals surface area contributed by atoms with Crippen molar-refractivity contribution >= 4 is 11.0 Å². The Morgan fingerprint density at radius 3 is 2.71 bits per heavy atom. The summed E-state index contributed by atoms with van der Waals surface area (Å²) in [6.45, 7) is 4.36. The predicted molar refractivity (Wildman–Crippen MR) is 89.7 cm³/mol. The predicted octanol–water partition coefficient (Wildman–Crippen LogP) is 2.53. The summed E-state index contributed by atoms with van der Waals surface area (Å²) in [7, 11) is 6.30. The Bertz CT molecular complexity index is 559. The maximum atomic E-state index is 4.86. The highest BCUT2D eigenvalue weighted by molar-refractivity contribution is 5.75. The van der Waals surface area contributed by atoms with Gasteiger partial charge in [0.2, 0.25) is 0 Å². The molecule has 1 atom stereocenters. The van der Waals surface area contributed by atoms with Crippen LogP contribution in [-0.4, -0.2) is 48.2 Å². The molecular formula is C17H28N4.